The summed E-state index contributed by atoms with van der Waals surface area (Å²) in [6.07, 6.45) is 2.26. The Bertz CT molecular complexity index is 250. The molecule has 1 unspecified atom stereocenters. The molecule has 0 radical (unpaired) electrons. The molecular formula is C13H26N2OS. The molecule has 1 atom stereocenters. The standard InChI is InChI=1S/C13H26N2OS/c1-13(2,3)11-6-8-15(10-11)12(17)14-7-5-9-16-4/h11H,5-10H2,1-4H3,(H,14,17). The van der Waals surface area contributed by atoms with Crippen LogP contribution >= 0.6 is 12.2 Å². The van der Waals surface area contributed by atoms with Crippen LogP contribution in [0.1, 0.15) is 33.6 Å². The molecule has 0 saturated carbocycles. The third-order valence-electron chi connectivity index (χ3n) is 3.50. The van der Waals surface area contributed by atoms with Crippen molar-refractivity contribution in [1.29, 1.82) is 0 Å². The number of nitrogens with one attached hydrogen (secondary N) is 1. The van der Waals surface area contributed by atoms with Crippen molar-refractivity contribution < 1.29 is 4.74 Å². The van der Waals surface area contributed by atoms with Gasteiger partial charge in [0.2, 0.25) is 0 Å². The van der Waals surface area contributed by atoms with Crippen LogP contribution in [-0.2, 0) is 4.74 Å². The van der Waals surface area contributed by atoms with Crippen LogP contribution in [-0.4, -0.2) is 43.4 Å². The highest BCUT2D eigenvalue weighted by Gasteiger charge is 2.32. The summed E-state index contributed by atoms with van der Waals surface area (Å²) >= 11 is 5.41. The smallest absolute Gasteiger partial charge is 0.168 e. The van der Waals surface area contributed by atoms with Crippen molar-refractivity contribution in [1.82, 2.24) is 10.2 Å². The van der Waals surface area contributed by atoms with Crippen LogP contribution in [0.3, 0.4) is 0 Å². The maximum absolute atomic E-state index is 5.41. The fraction of sp³-hybridized carbons (Fsp3) is 0.923. The van der Waals surface area contributed by atoms with Gasteiger partial charge < -0.3 is 15.0 Å². The van der Waals surface area contributed by atoms with Crippen molar-refractivity contribution in [3.63, 3.8) is 0 Å². The summed E-state index contributed by atoms with van der Waals surface area (Å²) in [5, 5.41) is 4.22. The normalized spacial score (nSPS) is 20.7. The fourth-order valence-corrected chi connectivity index (χ4v) is 2.44. The van der Waals surface area contributed by atoms with Gasteiger partial charge in [-0.3, -0.25) is 0 Å². The molecule has 0 aromatic rings. The van der Waals surface area contributed by atoms with Gasteiger partial charge in [0.15, 0.2) is 5.11 Å². The summed E-state index contributed by atoms with van der Waals surface area (Å²) in [4.78, 5) is 2.30. The summed E-state index contributed by atoms with van der Waals surface area (Å²) < 4.78 is 5.01. The number of hydrogen-bond donors (Lipinski definition) is 1. The number of ether oxygens (including phenoxy) is 1. The largest absolute Gasteiger partial charge is 0.385 e. The van der Waals surface area contributed by atoms with E-state index in [0.29, 0.717) is 5.41 Å². The molecule has 3 nitrogen and oxygen atoms in total. The highest BCUT2D eigenvalue weighted by Crippen LogP contribution is 2.33. The van der Waals surface area contributed by atoms with Gasteiger partial charge in [-0.05, 0) is 36.4 Å². The zero-order valence-electron chi connectivity index (χ0n) is 11.6. The second-order valence-electron chi connectivity index (χ2n) is 5.88. The van der Waals surface area contributed by atoms with Crippen LogP contribution in [0.15, 0.2) is 0 Å². The van der Waals surface area contributed by atoms with E-state index in [-0.39, 0.29) is 0 Å². The molecule has 1 aliphatic heterocycles. The minimum absolute atomic E-state index is 0.389. The van der Waals surface area contributed by atoms with E-state index in [1.54, 1.807) is 7.11 Å². The first kappa shape index (κ1) is 14.7. The predicted octanol–water partition coefficient (Wildman–Crippen LogP) is 2.27. The SMILES string of the molecule is COCCCNC(=S)N1CCC(C(C)(C)C)C1. The summed E-state index contributed by atoms with van der Waals surface area (Å²) in [5.41, 5.74) is 0.389. The molecule has 1 N–H and O–H groups in total. The molecule has 1 aliphatic rings. The van der Waals surface area contributed by atoms with Crippen molar-refractivity contribution in [2.75, 3.05) is 33.4 Å². The number of rotatable bonds is 4. The van der Waals surface area contributed by atoms with Crippen molar-refractivity contribution in [3.05, 3.63) is 0 Å². The van der Waals surface area contributed by atoms with Gasteiger partial charge in [-0.1, -0.05) is 20.8 Å². The summed E-state index contributed by atoms with van der Waals surface area (Å²) in [6, 6.07) is 0. The molecule has 1 saturated heterocycles. The lowest BCUT2D eigenvalue weighted by atomic mass is 9.80. The Morgan fingerprint density at radius 3 is 2.71 bits per heavy atom. The second kappa shape index (κ2) is 6.55. The number of methoxy groups -OCH3 is 1. The molecular weight excluding hydrogens is 232 g/mol. The van der Waals surface area contributed by atoms with Gasteiger partial charge in [0.1, 0.15) is 0 Å². The first-order valence-electron chi connectivity index (χ1n) is 6.47. The van der Waals surface area contributed by atoms with Gasteiger partial charge in [-0.2, -0.15) is 0 Å². The number of likely N-dealkylation sites (tertiary alicyclic amines) is 1. The molecule has 1 fully saturated rings. The Labute approximate surface area is 111 Å². The van der Waals surface area contributed by atoms with E-state index in [0.717, 1.165) is 43.7 Å². The highest BCUT2D eigenvalue weighted by atomic mass is 32.1. The van der Waals surface area contributed by atoms with E-state index < -0.39 is 0 Å². The Hall–Kier alpha value is -0.350. The molecule has 17 heavy (non-hydrogen) atoms. The highest BCUT2D eigenvalue weighted by molar-refractivity contribution is 7.80. The second-order valence-corrected chi connectivity index (χ2v) is 6.26. The Kier molecular flexibility index (Phi) is 5.67. The van der Waals surface area contributed by atoms with Crippen LogP contribution in [0.25, 0.3) is 0 Å². The van der Waals surface area contributed by atoms with Gasteiger partial charge in [0, 0.05) is 33.4 Å². The topological polar surface area (TPSA) is 24.5 Å². The van der Waals surface area contributed by atoms with E-state index in [2.05, 4.69) is 31.0 Å². The minimum atomic E-state index is 0.389. The molecule has 4 heteroatoms. The van der Waals surface area contributed by atoms with E-state index in [9.17, 15) is 0 Å². The molecule has 1 heterocycles. The summed E-state index contributed by atoms with van der Waals surface area (Å²) in [6.45, 7) is 10.8. The molecule has 0 aromatic heterocycles. The maximum atomic E-state index is 5.41. The first-order valence-corrected chi connectivity index (χ1v) is 6.87. The lowest BCUT2D eigenvalue weighted by Crippen LogP contribution is -2.39. The van der Waals surface area contributed by atoms with Gasteiger partial charge >= 0.3 is 0 Å². The average molecular weight is 258 g/mol. The molecule has 0 aromatic carbocycles. The van der Waals surface area contributed by atoms with E-state index in [1.165, 1.54) is 6.42 Å². The van der Waals surface area contributed by atoms with Crippen LogP contribution in [0.4, 0.5) is 0 Å². The summed E-state index contributed by atoms with van der Waals surface area (Å²) in [7, 11) is 1.73. The lowest BCUT2D eigenvalue weighted by molar-refractivity contribution is 0.195. The minimum Gasteiger partial charge on any atom is -0.385 e. The molecule has 0 aliphatic carbocycles. The zero-order valence-corrected chi connectivity index (χ0v) is 12.4. The lowest BCUT2D eigenvalue weighted by Gasteiger charge is -2.27. The third-order valence-corrected chi connectivity index (χ3v) is 3.90. The molecule has 0 amide bonds. The summed E-state index contributed by atoms with van der Waals surface area (Å²) in [5.74, 6) is 0.751. The van der Waals surface area contributed by atoms with Gasteiger partial charge in [0.25, 0.3) is 0 Å². The molecule has 100 valence electrons. The van der Waals surface area contributed by atoms with Gasteiger partial charge in [-0.15, -0.1) is 0 Å². The number of nitrogens with zero attached hydrogens (tertiary/aromatic N) is 1. The quantitative estimate of drug-likeness (QED) is 0.617. The molecule has 0 bridgehead atoms. The zero-order chi connectivity index (χ0) is 12.9. The monoisotopic (exact) mass is 258 g/mol. The first-order chi connectivity index (χ1) is 7.95. The van der Waals surface area contributed by atoms with E-state index in [4.69, 9.17) is 17.0 Å². The van der Waals surface area contributed by atoms with Crippen molar-refractivity contribution in [2.45, 2.75) is 33.6 Å². The van der Waals surface area contributed by atoms with Crippen LogP contribution in [0, 0.1) is 11.3 Å². The molecule has 0 spiro atoms. The predicted molar refractivity (Wildman–Crippen MR) is 76.2 cm³/mol. The van der Waals surface area contributed by atoms with Crippen molar-refractivity contribution in [2.24, 2.45) is 11.3 Å². The Balaban J connectivity index is 2.26. The van der Waals surface area contributed by atoms with Crippen molar-refractivity contribution in [3.8, 4) is 0 Å². The Morgan fingerprint density at radius 2 is 2.18 bits per heavy atom. The van der Waals surface area contributed by atoms with Gasteiger partial charge in [0.05, 0.1) is 0 Å². The number of thiocarbonyl (C=S) groups is 1. The maximum Gasteiger partial charge on any atom is 0.168 e. The fourth-order valence-electron chi connectivity index (χ4n) is 2.18. The van der Waals surface area contributed by atoms with Crippen LogP contribution in [0.5, 0.6) is 0 Å². The van der Waals surface area contributed by atoms with Gasteiger partial charge in [-0.25, -0.2) is 0 Å². The molecule has 1 rings (SSSR count). The Morgan fingerprint density at radius 1 is 1.47 bits per heavy atom. The van der Waals surface area contributed by atoms with Crippen molar-refractivity contribution >= 4 is 17.3 Å². The van der Waals surface area contributed by atoms with E-state index in [1.807, 2.05) is 0 Å². The third kappa shape index (κ3) is 4.80. The van der Waals surface area contributed by atoms with Crippen LogP contribution < -0.4 is 5.32 Å². The van der Waals surface area contributed by atoms with Crippen LogP contribution in [0.2, 0.25) is 0 Å². The number of hydrogen-bond acceptors (Lipinski definition) is 2. The average Bonchev–Trinajstić information content (AvgIpc) is 2.72. The van der Waals surface area contributed by atoms with E-state index >= 15 is 0 Å².